The summed E-state index contributed by atoms with van der Waals surface area (Å²) in [7, 11) is 0. The molecule has 0 amide bonds. The molecule has 0 aliphatic rings. The van der Waals surface area contributed by atoms with Gasteiger partial charge in [0, 0.05) is 0 Å². The number of hydrogen-bond donors (Lipinski definition) is 0. The van der Waals surface area contributed by atoms with Gasteiger partial charge in [0.25, 0.3) is 0 Å². The molecule has 4 heteroatoms. The Morgan fingerprint density at radius 1 is 0.857 bits per heavy atom. The Labute approximate surface area is 126 Å². The van der Waals surface area contributed by atoms with Crippen molar-refractivity contribution in [3.05, 3.63) is 35.4 Å². The second kappa shape index (κ2) is 9.97. The van der Waals surface area contributed by atoms with Crippen LogP contribution in [0.25, 0.3) is 0 Å². The van der Waals surface area contributed by atoms with E-state index in [0.29, 0.717) is 6.61 Å². The van der Waals surface area contributed by atoms with Gasteiger partial charge in [0.05, 0.1) is 24.3 Å². The number of rotatable bonds is 9. The van der Waals surface area contributed by atoms with Gasteiger partial charge in [-0.05, 0) is 25.5 Å². The summed E-state index contributed by atoms with van der Waals surface area (Å²) in [5.74, 6) is -0.956. The topological polar surface area (TPSA) is 52.6 Å². The van der Waals surface area contributed by atoms with Crippen LogP contribution in [0.5, 0.6) is 0 Å². The molecule has 0 heterocycles. The third kappa shape index (κ3) is 5.98. The van der Waals surface area contributed by atoms with Crippen LogP contribution in [0, 0.1) is 0 Å². The van der Waals surface area contributed by atoms with Crippen LogP contribution in [0.4, 0.5) is 0 Å². The van der Waals surface area contributed by atoms with Gasteiger partial charge in [-0.2, -0.15) is 0 Å². The summed E-state index contributed by atoms with van der Waals surface area (Å²) in [6.45, 7) is 4.56. The lowest BCUT2D eigenvalue weighted by molar-refractivity contribution is 0.0462. The quantitative estimate of drug-likeness (QED) is 0.510. The Morgan fingerprint density at radius 3 is 2.00 bits per heavy atom. The van der Waals surface area contributed by atoms with E-state index in [-0.39, 0.29) is 17.7 Å². The van der Waals surface area contributed by atoms with Crippen molar-refractivity contribution in [2.45, 2.75) is 46.0 Å². The third-order valence-electron chi connectivity index (χ3n) is 3.12. The van der Waals surface area contributed by atoms with E-state index in [1.807, 2.05) is 0 Å². The van der Waals surface area contributed by atoms with Crippen molar-refractivity contribution in [1.29, 1.82) is 0 Å². The normalized spacial score (nSPS) is 10.2. The molecule has 0 fully saturated rings. The Kier molecular flexibility index (Phi) is 8.17. The van der Waals surface area contributed by atoms with E-state index < -0.39 is 11.9 Å². The van der Waals surface area contributed by atoms with Crippen molar-refractivity contribution < 1.29 is 19.1 Å². The maximum atomic E-state index is 12.0. The number of carbonyl (C=O) groups is 2. The number of hydrogen-bond acceptors (Lipinski definition) is 4. The zero-order valence-electron chi connectivity index (χ0n) is 12.9. The fraction of sp³-hybridized carbons (Fsp3) is 0.529. The first-order valence-electron chi connectivity index (χ1n) is 7.64. The lowest BCUT2D eigenvalue weighted by atomic mass is 10.1. The molecular weight excluding hydrogens is 268 g/mol. The predicted molar refractivity (Wildman–Crippen MR) is 81.4 cm³/mol. The molecule has 0 saturated heterocycles. The van der Waals surface area contributed by atoms with E-state index in [2.05, 4.69) is 6.92 Å². The molecule has 0 atom stereocenters. The smallest absolute Gasteiger partial charge is 0.339 e. The molecule has 0 aliphatic heterocycles. The molecule has 0 bridgehead atoms. The second-order valence-corrected chi connectivity index (χ2v) is 4.82. The highest BCUT2D eigenvalue weighted by molar-refractivity contribution is 6.03. The summed E-state index contributed by atoms with van der Waals surface area (Å²) in [6.07, 6.45) is 5.47. The molecule has 4 nitrogen and oxygen atoms in total. The van der Waals surface area contributed by atoms with E-state index in [1.54, 1.807) is 31.2 Å². The minimum absolute atomic E-state index is 0.260. The molecule has 0 aromatic heterocycles. The number of unbranched alkanes of at least 4 members (excludes halogenated alkanes) is 4. The zero-order valence-corrected chi connectivity index (χ0v) is 12.9. The van der Waals surface area contributed by atoms with Gasteiger partial charge in [0.15, 0.2) is 0 Å². The highest BCUT2D eigenvalue weighted by Gasteiger charge is 2.18. The van der Waals surface area contributed by atoms with Crippen LogP contribution < -0.4 is 0 Å². The number of esters is 2. The van der Waals surface area contributed by atoms with Gasteiger partial charge >= 0.3 is 11.9 Å². The summed E-state index contributed by atoms with van der Waals surface area (Å²) < 4.78 is 10.2. The fourth-order valence-electron chi connectivity index (χ4n) is 2.00. The van der Waals surface area contributed by atoms with Crippen molar-refractivity contribution in [3.63, 3.8) is 0 Å². The molecule has 21 heavy (non-hydrogen) atoms. The van der Waals surface area contributed by atoms with Crippen molar-refractivity contribution in [1.82, 2.24) is 0 Å². The number of benzene rings is 1. The van der Waals surface area contributed by atoms with Gasteiger partial charge in [-0.1, -0.05) is 44.7 Å². The van der Waals surface area contributed by atoms with Crippen molar-refractivity contribution in [2.75, 3.05) is 13.2 Å². The largest absolute Gasteiger partial charge is 0.462 e. The standard InChI is InChI=1S/C17H24O4/c1-3-5-6-7-10-13-21-17(19)15-12-9-8-11-14(15)16(18)20-4-2/h8-9,11-12H,3-7,10,13H2,1-2H3. The van der Waals surface area contributed by atoms with E-state index in [4.69, 9.17) is 9.47 Å². The van der Waals surface area contributed by atoms with Crippen molar-refractivity contribution >= 4 is 11.9 Å². The summed E-state index contributed by atoms with van der Waals surface area (Å²) in [5, 5.41) is 0. The third-order valence-corrected chi connectivity index (χ3v) is 3.12. The van der Waals surface area contributed by atoms with Gasteiger partial charge < -0.3 is 9.47 Å². The van der Waals surface area contributed by atoms with Crippen LogP contribution in [0.15, 0.2) is 24.3 Å². The summed E-state index contributed by atoms with van der Waals surface area (Å²) in [4.78, 5) is 23.8. The summed E-state index contributed by atoms with van der Waals surface area (Å²) in [5.41, 5.74) is 0.528. The SMILES string of the molecule is CCCCCCCOC(=O)c1ccccc1C(=O)OCC. The van der Waals surface area contributed by atoms with Crippen molar-refractivity contribution in [2.24, 2.45) is 0 Å². The Morgan fingerprint density at radius 2 is 1.43 bits per heavy atom. The van der Waals surface area contributed by atoms with Crippen LogP contribution in [-0.2, 0) is 9.47 Å². The van der Waals surface area contributed by atoms with Crippen LogP contribution in [-0.4, -0.2) is 25.2 Å². The van der Waals surface area contributed by atoms with E-state index in [9.17, 15) is 9.59 Å². The van der Waals surface area contributed by atoms with E-state index >= 15 is 0 Å². The minimum Gasteiger partial charge on any atom is -0.462 e. The summed E-state index contributed by atoms with van der Waals surface area (Å²) in [6, 6.07) is 6.58. The molecule has 0 spiro atoms. The van der Waals surface area contributed by atoms with Crippen LogP contribution in [0.3, 0.4) is 0 Å². The van der Waals surface area contributed by atoms with Crippen LogP contribution in [0.1, 0.15) is 66.7 Å². The maximum absolute atomic E-state index is 12.0. The first-order valence-corrected chi connectivity index (χ1v) is 7.64. The molecule has 1 rings (SSSR count). The Balaban J connectivity index is 2.52. The van der Waals surface area contributed by atoms with Gasteiger partial charge in [-0.15, -0.1) is 0 Å². The first-order chi connectivity index (χ1) is 10.2. The minimum atomic E-state index is -0.493. The van der Waals surface area contributed by atoms with E-state index in [1.165, 1.54) is 12.8 Å². The monoisotopic (exact) mass is 292 g/mol. The number of ether oxygens (including phenoxy) is 2. The Hall–Kier alpha value is -1.84. The summed E-state index contributed by atoms with van der Waals surface area (Å²) >= 11 is 0. The van der Waals surface area contributed by atoms with Gasteiger partial charge in [0.1, 0.15) is 0 Å². The molecule has 0 radical (unpaired) electrons. The number of carbonyl (C=O) groups excluding carboxylic acids is 2. The van der Waals surface area contributed by atoms with Gasteiger partial charge in [-0.25, -0.2) is 9.59 Å². The molecule has 1 aromatic carbocycles. The Bertz CT molecular complexity index is 454. The van der Waals surface area contributed by atoms with Crippen molar-refractivity contribution in [3.8, 4) is 0 Å². The maximum Gasteiger partial charge on any atom is 0.339 e. The average Bonchev–Trinajstić information content (AvgIpc) is 2.50. The highest BCUT2D eigenvalue weighted by atomic mass is 16.5. The van der Waals surface area contributed by atoms with Gasteiger partial charge in [0.2, 0.25) is 0 Å². The second-order valence-electron chi connectivity index (χ2n) is 4.82. The molecule has 116 valence electrons. The highest BCUT2D eigenvalue weighted by Crippen LogP contribution is 2.12. The molecule has 0 aliphatic carbocycles. The van der Waals surface area contributed by atoms with Crippen LogP contribution in [0.2, 0.25) is 0 Å². The molecule has 0 saturated carbocycles. The predicted octanol–water partition coefficient (Wildman–Crippen LogP) is 3.99. The molecule has 0 N–H and O–H groups in total. The fourth-order valence-corrected chi connectivity index (χ4v) is 2.00. The zero-order chi connectivity index (χ0) is 15.5. The van der Waals surface area contributed by atoms with Crippen LogP contribution >= 0.6 is 0 Å². The molecule has 1 aromatic rings. The lowest BCUT2D eigenvalue weighted by Crippen LogP contribution is -2.14. The molecular formula is C17H24O4. The lowest BCUT2D eigenvalue weighted by Gasteiger charge is -2.09. The van der Waals surface area contributed by atoms with Gasteiger partial charge in [-0.3, -0.25) is 0 Å². The van der Waals surface area contributed by atoms with E-state index in [0.717, 1.165) is 19.3 Å². The average molecular weight is 292 g/mol. The molecule has 0 unspecified atom stereocenters. The first kappa shape index (κ1) is 17.2.